The molecule has 2 amide bonds. The topological polar surface area (TPSA) is 116 Å². The summed E-state index contributed by atoms with van der Waals surface area (Å²) in [5.41, 5.74) is 5.19. The van der Waals surface area contributed by atoms with E-state index in [0.717, 1.165) is 0 Å². The van der Waals surface area contributed by atoms with E-state index < -0.39 is 27.7 Å². The summed E-state index contributed by atoms with van der Waals surface area (Å²) in [4.78, 5) is 23.0. The van der Waals surface area contributed by atoms with Gasteiger partial charge in [-0.2, -0.15) is 0 Å². The third-order valence-corrected chi connectivity index (χ3v) is 4.66. The number of hydrogen-bond donors (Lipinski definition) is 2. The largest absolute Gasteiger partial charge is 0.372 e. The molecule has 0 saturated carbocycles. The molecule has 0 aliphatic heterocycles. The van der Waals surface area contributed by atoms with Crippen molar-refractivity contribution in [1.29, 1.82) is 0 Å². The van der Waals surface area contributed by atoms with Gasteiger partial charge in [-0.05, 0) is 25.5 Å². The lowest BCUT2D eigenvalue weighted by Crippen LogP contribution is -2.46. The van der Waals surface area contributed by atoms with Crippen LogP contribution >= 0.6 is 0 Å². The normalized spacial score (nSPS) is 12.6. The summed E-state index contributed by atoms with van der Waals surface area (Å²) in [6.07, 6.45) is -0.0928. The van der Waals surface area contributed by atoms with E-state index >= 15 is 0 Å². The Bertz CT molecular complexity index is 601. The summed E-state index contributed by atoms with van der Waals surface area (Å²) in [5, 5.41) is 2.37. The Morgan fingerprint density at radius 3 is 2.45 bits per heavy atom. The van der Waals surface area contributed by atoms with E-state index in [9.17, 15) is 18.0 Å². The first kappa shape index (κ1) is 18.1. The van der Waals surface area contributed by atoms with E-state index in [2.05, 4.69) is 5.32 Å². The summed E-state index contributed by atoms with van der Waals surface area (Å²) in [5.74, 6) is -1.59. The van der Waals surface area contributed by atoms with E-state index in [4.69, 9.17) is 10.5 Å². The molecule has 0 radical (unpaired) electrons. The molecular weight excluding hydrogens is 308 g/mol. The highest BCUT2D eigenvalue weighted by atomic mass is 32.2. The van der Waals surface area contributed by atoms with Gasteiger partial charge in [0.15, 0.2) is 9.84 Å². The van der Waals surface area contributed by atoms with Crippen molar-refractivity contribution in [3.8, 4) is 0 Å². The number of hydrogen-bond acceptors (Lipinski definition) is 5. The highest BCUT2D eigenvalue weighted by Crippen LogP contribution is 2.12. The van der Waals surface area contributed by atoms with Crippen molar-refractivity contribution in [3.05, 3.63) is 30.3 Å². The average Bonchev–Trinajstić information content (AvgIpc) is 2.50. The van der Waals surface area contributed by atoms with E-state index in [1.807, 2.05) is 0 Å². The molecule has 0 bridgehead atoms. The summed E-state index contributed by atoms with van der Waals surface area (Å²) in [7, 11) is -3.53. The number of benzene rings is 1. The number of amides is 2. The SMILES string of the molecule is CCOCC(=O)N[C@H](CCS(=O)(=O)c1ccccc1)C(N)=O. The zero-order chi connectivity index (χ0) is 16.6. The first-order valence-corrected chi connectivity index (χ1v) is 8.46. The van der Waals surface area contributed by atoms with Crippen LogP contribution in [0.15, 0.2) is 35.2 Å². The molecule has 1 aromatic rings. The molecule has 0 spiro atoms. The van der Waals surface area contributed by atoms with Gasteiger partial charge in [0, 0.05) is 6.61 Å². The Kier molecular flexibility index (Phi) is 7.00. The van der Waals surface area contributed by atoms with Gasteiger partial charge in [0.2, 0.25) is 11.8 Å². The van der Waals surface area contributed by atoms with Gasteiger partial charge in [0.25, 0.3) is 0 Å². The van der Waals surface area contributed by atoms with Gasteiger partial charge >= 0.3 is 0 Å². The molecule has 1 atom stereocenters. The molecule has 0 aliphatic carbocycles. The molecule has 22 heavy (non-hydrogen) atoms. The first-order chi connectivity index (χ1) is 10.4. The van der Waals surface area contributed by atoms with Crippen molar-refractivity contribution in [2.24, 2.45) is 5.73 Å². The van der Waals surface area contributed by atoms with Gasteiger partial charge in [-0.15, -0.1) is 0 Å². The second-order valence-corrected chi connectivity index (χ2v) is 6.69. The second kappa shape index (κ2) is 8.50. The van der Waals surface area contributed by atoms with Gasteiger partial charge in [-0.3, -0.25) is 9.59 Å². The number of nitrogens with one attached hydrogen (secondary N) is 1. The summed E-state index contributed by atoms with van der Waals surface area (Å²) >= 11 is 0. The molecule has 0 unspecified atom stereocenters. The Morgan fingerprint density at radius 2 is 1.91 bits per heavy atom. The molecule has 0 fully saturated rings. The van der Waals surface area contributed by atoms with Crippen LogP contribution in [-0.4, -0.2) is 45.2 Å². The number of sulfone groups is 1. The van der Waals surface area contributed by atoms with Crippen LogP contribution < -0.4 is 11.1 Å². The number of nitrogens with two attached hydrogens (primary N) is 1. The second-order valence-electron chi connectivity index (χ2n) is 4.58. The van der Waals surface area contributed by atoms with Crippen LogP contribution in [0.5, 0.6) is 0 Å². The van der Waals surface area contributed by atoms with E-state index in [1.165, 1.54) is 12.1 Å². The quantitative estimate of drug-likeness (QED) is 0.654. The smallest absolute Gasteiger partial charge is 0.246 e. The van der Waals surface area contributed by atoms with E-state index in [1.54, 1.807) is 25.1 Å². The molecule has 1 rings (SSSR count). The van der Waals surface area contributed by atoms with Crippen molar-refractivity contribution in [1.82, 2.24) is 5.32 Å². The zero-order valence-corrected chi connectivity index (χ0v) is 13.1. The number of rotatable bonds is 9. The molecule has 8 heteroatoms. The van der Waals surface area contributed by atoms with Crippen LogP contribution in [0, 0.1) is 0 Å². The van der Waals surface area contributed by atoms with Crippen LogP contribution in [0.25, 0.3) is 0 Å². The molecule has 0 aromatic heterocycles. The van der Waals surface area contributed by atoms with Gasteiger partial charge in [-0.1, -0.05) is 18.2 Å². The number of ether oxygens (including phenoxy) is 1. The van der Waals surface area contributed by atoms with Crippen molar-refractivity contribution in [2.75, 3.05) is 19.0 Å². The van der Waals surface area contributed by atoms with Crippen LogP contribution in [0.3, 0.4) is 0 Å². The fourth-order valence-corrected chi connectivity index (χ4v) is 3.09. The average molecular weight is 328 g/mol. The van der Waals surface area contributed by atoms with Crippen molar-refractivity contribution in [3.63, 3.8) is 0 Å². The van der Waals surface area contributed by atoms with Gasteiger partial charge in [-0.25, -0.2) is 8.42 Å². The lowest BCUT2D eigenvalue weighted by atomic mass is 10.2. The first-order valence-electron chi connectivity index (χ1n) is 6.81. The Morgan fingerprint density at radius 1 is 1.27 bits per heavy atom. The Balaban J connectivity index is 2.65. The number of carbonyl (C=O) groups excluding carboxylic acids is 2. The minimum Gasteiger partial charge on any atom is -0.372 e. The third kappa shape index (κ3) is 5.82. The van der Waals surface area contributed by atoms with Crippen LogP contribution in [0.4, 0.5) is 0 Å². The van der Waals surface area contributed by atoms with Crippen molar-refractivity contribution in [2.45, 2.75) is 24.3 Å². The lowest BCUT2D eigenvalue weighted by molar-refractivity contribution is -0.130. The number of carbonyl (C=O) groups is 2. The fourth-order valence-electron chi connectivity index (χ4n) is 1.73. The predicted octanol–water partition coefficient (Wildman–Crippen LogP) is -0.143. The Labute approximate surface area is 129 Å². The van der Waals surface area contributed by atoms with Crippen LogP contribution in [0.1, 0.15) is 13.3 Å². The highest BCUT2D eigenvalue weighted by molar-refractivity contribution is 7.91. The van der Waals surface area contributed by atoms with Gasteiger partial charge < -0.3 is 15.8 Å². The minimum absolute atomic E-state index is 0.0928. The maximum atomic E-state index is 12.1. The van der Waals surface area contributed by atoms with Crippen LogP contribution in [0.2, 0.25) is 0 Å². The van der Waals surface area contributed by atoms with Crippen LogP contribution in [-0.2, 0) is 24.2 Å². The Hall–Kier alpha value is -1.93. The highest BCUT2D eigenvalue weighted by Gasteiger charge is 2.22. The molecule has 0 aliphatic rings. The summed E-state index contributed by atoms with van der Waals surface area (Å²) in [6.45, 7) is 1.88. The predicted molar refractivity (Wildman–Crippen MR) is 80.7 cm³/mol. The molecule has 0 saturated heterocycles. The fraction of sp³-hybridized carbons (Fsp3) is 0.429. The van der Waals surface area contributed by atoms with Crippen molar-refractivity contribution >= 4 is 21.7 Å². The van der Waals surface area contributed by atoms with E-state index in [0.29, 0.717) is 6.61 Å². The maximum Gasteiger partial charge on any atom is 0.246 e. The summed E-state index contributed by atoms with van der Waals surface area (Å²) < 4.78 is 29.2. The maximum absolute atomic E-state index is 12.1. The molecule has 3 N–H and O–H groups in total. The lowest BCUT2D eigenvalue weighted by Gasteiger charge is -2.15. The van der Waals surface area contributed by atoms with Gasteiger partial charge in [0.05, 0.1) is 10.6 Å². The van der Waals surface area contributed by atoms with Gasteiger partial charge in [0.1, 0.15) is 12.6 Å². The van der Waals surface area contributed by atoms with Crippen molar-refractivity contribution < 1.29 is 22.7 Å². The monoisotopic (exact) mass is 328 g/mol. The number of primary amides is 1. The zero-order valence-electron chi connectivity index (χ0n) is 12.3. The molecule has 7 nitrogen and oxygen atoms in total. The third-order valence-electron chi connectivity index (χ3n) is 2.89. The standard InChI is InChI=1S/C14H20N2O5S/c1-2-21-10-13(17)16-12(14(15)18)8-9-22(19,20)11-6-4-3-5-7-11/h3-7,12H,2,8-10H2,1H3,(H2,15,18)(H,16,17)/t12-/m1/s1. The molecule has 1 aromatic carbocycles. The van der Waals surface area contributed by atoms with E-state index in [-0.39, 0.29) is 23.7 Å². The molecular formula is C14H20N2O5S. The molecule has 122 valence electrons. The minimum atomic E-state index is -3.53. The molecule has 0 heterocycles. The summed E-state index contributed by atoms with van der Waals surface area (Å²) in [6, 6.07) is 6.83.